The lowest BCUT2D eigenvalue weighted by Gasteiger charge is -2.16. The number of carbonyl (C=O) groups is 1. The number of hydrogen-bond donors (Lipinski definition) is 4. The zero-order valence-corrected chi connectivity index (χ0v) is 19.9. The summed E-state index contributed by atoms with van der Waals surface area (Å²) in [7, 11) is -3.61. The number of hydrogen-bond acceptors (Lipinski definition) is 9. The van der Waals surface area contributed by atoms with Gasteiger partial charge in [0.25, 0.3) is 0 Å². The maximum Gasteiger partial charge on any atom is 0.421 e. The summed E-state index contributed by atoms with van der Waals surface area (Å²) < 4.78 is 66.8. The highest BCUT2D eigenvalue weighted by atomic mass is 32.2. The molecule has 3 heterocycles. The van der Waals surface area contributed by atoms with Crippen LogP contribution in [0.1, 0.15) is 29.6 Å². The summed E-state index contributed by atoms with van der Waals surface area (Å²) in [5.41, 5.74) is 0.824. The van der Waals surface area contributed by atoms with Crippen molar-refractivity contribution in [3.05, 3.63) is 53.1 Å². The van der Waals surface area contributed by atoms with E-state index >= 15 is 0 Å². The lowest BCUT2D eigenvalue weighted by Crippen LogP contribution is -2.17. The molecule has 0 bridgehead atoms. The smallest absolute Gasteiger partial charge is 0.364 e. The fraction of sp³-hybridized carbons (Fsp3) is 0.286. The Balaban J connectivity index is 1.60. The maximum absolute atomic E-state index is 13.6. The molecule has 0 radical (unpaired) electrons. The van der Waals surface area contributed by atoms with Gasteiger partial charge in [-0.2, -0.15) is 18.2 Å². The van der Waals surface area contributed by atoms with Crippen LogP contribution < -0.4 is 20.7 Å². The summed E-state index contributed by atoms with van der Waals surface area (Å²) in [5.74, 6) is -0.787. The summed E-state index contributed by atoms with van der Waals surface area (Å²) in [5, 5.41) is 8.15. The largest absolute Gasteiger partial charge is 0.421 e. The molecule has 36 heavy (non-hydrogen) atoms. The van der Waals surface area contributed by atoms with E-state index in [1.165, 1.54) is 19.9 Å². The van der Waals surface area contributed by atoms with Gasteiger partial charge in [0.05, 0.1) is 35.8 Å². The summed E-state index contributed by atoms with van der Waals surface area (Å²) in [6, 6.07) is 6.42. The van der Waals surface area contributed by atoms with Crippen LogP contribution in [0.4, 0.5) is 42.1 Å². The molecular weight excluding hydrogens is 501 g/mol. The number of fused-ring (bicyclic) bond motifs is 1. The second-order valence-electron chi connectivity index (χ2n) is 7.79. The SMILES string of the molecule is CCS(=O)(=O)Nc1cc(CNc2nc(Nc3cccc4c3NC(=O)C4)ncc2C(F)(F)F)nc(C)n1. The highest BCUT2D eigenvalue weighted by Gasteiger charge is 2.35. The number of aryl methyl sites for hydroxylation is 1. The Hall–Kier alpha value is -4.01. The molecule has 11 nitrogen and oxygen atoms in total. The molecule has 0 saturated heterocycles. The van der Waals surface area contributed by atoms with Crippen molar-refractivity contribution < 1.29 is 26.4 Å². The van der Waals surface area contributed by atoms with E-state index in [1.54, 1.807) is 18.2 Å². The predicted molar refractivity (Wildman–Crippen MR) is 126 cm³/mol. The summed E-state index contributed by atoms with van der Waals surface area (Å²) in [6.07, 6.45) is -3.90. The van der Waals surface area contributed by atoms with Crippen LogP contribution >= 0.6 is 0 Å². The fourth-order valence-electron chi connectivity index (χ4n) is 3.44. The normalized spacial score (nSPS) is 13.2. The molecule has 0 atom stereocenters. The number of sulfonamides is 1. The molecule has 0 unspecified atom stereocenters. The van der Waals surface area contributed by atoms with Crippen molar-refractivity contribution in [1.82, 2.24) is 19.9 Å². The Morgan fingerprint density at radius 2 is 1.94 bits per heavy atom. The molecule has 0 saturated carbocycles. The minimum atomic E-state index is -4.74. The predicted octanol–water partition coefficient (Wildman–Crippen LogP) is 3.21. The average Bonchev–Trinajstić information content (AvgIpc) is 3.18. The quantitative estimate of drug-likeness (QED) is 0.350. The van der Waals surface area contributed by atoms with Gasteiger partial charge in [0.2, 0.25) is 21.9 Å². The molecule has 0 spiro atoms. The van der Waals surface area contributed by atoms with Crippen LogP contribution in [0.3, 0.4) is 0 Å². The average molecular weight is 523 g/mol. The number of aromatic nitrogens is 4. The molecule has 1 aliphatic rings. The van der Waals surface area contributed by atoms with E-state index in [-0.39, 0.29) is 47.9 Å². The minimum absolute atomic E-state index is 0.00205. The van der Waals surface area contributed by atoms with Gasteiger partial charge in [-0.3, -0.25) is 9.52 Å². The fourth-order valence-corrected chi connectivity index (χ4v) is 4.01. The van der Waals surface area contributed by atoms with Gasteiger partial charge < -0.3 is 16.0 Å². The number of rotatable bonds is 8. The van der Waals surface area contributed by atoms with E-state index in [2.05, 4.69) is 40.6 Å². The number of halogens is 3. The molecule has 15 heteroatoms. The Morgan fingerprint density at radius 3 is 2.67 bits per heavy atom. The highest BCUT2D eigenvalue weighted by molar-refractivity contribution is 7.92. The Kier molecular flexibility index (Phi) is 6.67. The van der Waals surface area contributed by atoms with Crippen molar-refractivity contribution in [3.63, 3.8) is 0 Å². The standard InChI is InChI=1S/C21H21F3N8O3S/c1-3-36(34,35)32-16-8-13(27-11(2)28-16)9-25-19-14(21(22,23)24)10-26-20(31-19)29-15-6-4-5-12-7-17(33)30-18(12)15/h4-6,8,10H,3,7,9H2,1-2H3,(H,30,33)(H,27,28,32)(H2,25,26,29,31). The van der Waals surface area contributed by atoms with Gasteiger partial charge in [0.1, 0.15) is 23.0 Å². The zero-order chi connectivity index (χ0) is 26.1. The molecule has 4 N–H and O–H groups in total. The topological polar surface area (TPSA) is 151 Å². The number of carbonyl (C=O) groups excluding carboxylic acids is 1. The van der Waals surface area contributed by atoms with E-state index < -0.39 is 27.6 Å². The van der Waals surface area contributed by atoms with Crippen molar-refractivity contribution in [2.24, 2.45) is 0 Å². The molecule has 1 aromatic carbocycles. The third-order valence-electron chi connectivity index (χ3n) is 5.07. The Bertz CT molecular complexity index is 1430. The third kappa shape index (κ3) is 5.79. The van der Waals surface area contributed by atoms with Gasteiger partial charge in [-0.15, -0.1) is 0 Å². The molecular formula is C21H21F3N8O3S. The second kappa shape index (κ2) is 9.56. The number of nitrogens with one attached hydrogen (secondary N) is 4. The van der Waals surface area contributed by atoms with Crippen molar-refractivity contribution in [2.45, 2.75) is 33.0 Å². The molecule has 1 amide bonds. The Labute approximate surface area is 204 Å². The van der Waals surface area contributed by atoms with Crippen LogP contribution in [-0.4, -0.2) is 40.0 Å². The molecule has 190 valence electrons. The molecule has 4 rings (SSSR count). The van der Waals surface area contributed by atoms with Gasteiger partial charge >= 0.3 is 6.18 Å². The first-order valence-electron chi connectivity index (χ1n) is 10.7. The summed E-state index contributed by atoms with van der Waals surface area (Å²) >= 11 is 0. The lowest BCUT2D eigenvalue weighted by atomic mass is 10.1. The number of alkyl halides is 3. The third-order valence-corrected chi connectivity index (χ3v) is 6.36. The van der Waals surface area contributed by atoms with Crippen LogP contribution in [0.2, 0.25) is 0 Å². The number of benzene rings is 1. The summed E-state index contributed by atoms with van der Waals surface area (Å²) in [6.45, 7) is 2.77. The molecule has 2 aromatic heterocycles. The summed E-state index contributed by atoms with van der Waals surface area (Å²) in [4.78, 5) is 27.6. The minimum Gasteiger partial charge on any atom is -0.364 e. The van der Waals surface area contributed by atoms with Crippen molar-refractivity contribution in [3.8, 4) is 0 Å². The van der Waals surface area contributed by atoms with Crippen molar-refractivity contribution in [2.75, 3.05) is 26.4 Å². The maximum atomic E-state index is 13.6. The number of nitrogens with zero attached hydrogens (tertiary/aromatic N) is 4. The number of para-hydroxylation sites is 1. The molecule has 0 fully saturated rings. The number of amides is 1. The van der Waals surface area contributed by atoms with Gasteiger partial charge in [-0.05, 0) is 25.5 Å². The second-order valence-corrected chi connectivity index (χ2v) is 9.81. The zero-order valence-electron chi connectivity index (χ0n) is 19.1. The first-order valence-corrected chi connectivity index (χ1v) is 12.3. The highest BCUT2D eigenvalue weighted by Crippen LogP contribution is 2.36. The molecule has 0 aliphatic carbocycles. The molecule has 1 aliphatic heterocycles. The van der Waals surface area contributed by atoms with Crippen LogP contribution in [0, 0.1) is 6.92 Å². The van der Waals surface area contributed by atoms with Crippen LogP contribution in [0.25, 0.3) is 0 Å². The monoisotopic (exact) mass is 522 g/mol. The van der Waals surface area contributed by atoms with E-state index in [0.717, 1.165) is 5.56 Å². The first kappa shape index (κ1) is 25.1. The van der Waals surface area contributed by atoms with E-state index in [4.69, 9.17) is 0 Å². The van der Waals surface area contributed by atoms with E-state index in [1.807, 2.05) is 0 Å². The van der Waals surface area contributed by atoms with E-state index in [0.29, 0.717) is 17.6 Å². The molecule has 3 aromatic rings. The van der Waals surface area contributed by atoms with Gasteiger partial charge in [0.15, 0.2) is 0 Å². The van der Waals surface area contributed by atoms with Gasteiger partial charge in [-0.1, -0.05) is 12.1 Å². The number of anilines is 5. The lowest BCUT2D eigenvalue weighted by molar-refractivity contribution is -0.137. The van der Waals surface area contributed by atoms with Gasteiger partial charge in [-0.25, -0.2) is 23.4 Å². The van der Waals surface area contributed by atoms with Crippen LogP contribution in [0.5, 0.6) is 0 Å². The van der Waals surface area contributed by atoms with Crippen LogP contribution in [-0.2, 0) is 34.0 Å². The Morgan fingerprint density at radius 1 is 1.17 bits per heavy atom. The van der Waals surface area contributed by atoms with Gasteiger partial charge in [0, 0.05) is 12.3 Å². The van der Waals surface area contributed by atoms with Crippen molar-refractivity contribution in [1.29, 1.82) is 0 Å². The van der Waals surface area contributed by atoms with Crippen LogP contribution in [0.15, 0.2) is 30.5 Å². The van der Waals surface area contributed by atoms with Crippen molar-refractivity contribution >= 4 is 44.9 Å². The van der Waals surface area contributed by atoms with E-state index in [9.17, 15) is 26.4 Å². The first-order chi connectivity index (χ1) is 16.9.